The number of nitrogens with one attached hydrogen (secondary N) is 3. The average molecular weight is 504 g/mol. The Labute approximate surface area is 208 Å². The Hall–Kier alpha value is -2.43. The summed E-state index contributed by atoms with van der Waals surface area (Å²) < 4.78 is 27.5. The Morgan fingerprint density at radius 1 is 1.14 bits per heavy atom. The highest BCUT2D eigenvalue weighted by Gasteiger charge is 2.41. The van der Waals surface area contributed by atoms with Crippen molar-refractivity contribution in [2.24, 2.45) is 5.41 Å². The van der Waals surface area contributed by atoms with Gasteiger partial charge in [-0.15, -0.1) is 0 Å². The molecule has 2 amide bonds. The van der Waals surface area contributed by atoms with Crippen LogP contribution in [0, 0.1) is 12.3 Å². The summed E-state index contributed by atoms with van der Waals surface area (Å²) >= 11 is 0. The number of piperidine rings is 2. The van der Waals surface area contributed by atoms with Crippen LogP contribution in [0.15, 0.2) is 41.6 Å². The number of benzene rings is 1. The molecule has 2 atom stereocenters. The number of hydrogen-bond donors (Lipinski definition) is 3. The molecule has 0 aliphatic carbocycles. The van der Waals surface area contributed by atoms with E-state index >= 15 is 0 Å². The number of rotatable bonds is 6. The van der Waals surface area contributed by atoms with Crippen LogP contribution in [0.3, 0.4) is 0 Å². The lowest BCUT2D eigenvalue weighted by Crippen LogP contribution is -2.59. The zero-order chi connectivity index (χ0) is 25.2. The summed E-state index contributed by atoms with van der Waals surface area (Å²) in [5.41, 5.74) is 0.793. The Morgan fingerprint density at radius 2 is 1.83 bits per heavy atom. The standard InChI is InChI=1S/C25H37N5O4S/c1-18-4-6-20(7-5-18)35(33,34)30-15-13-27-24(32)21(30)16-23(31)28-22-10-14-29(17-25(22,2)3)19-8-11-26-12-9-19/h4-7,13,15,19,21-22,26H,8-12,14,16-17H2,1-3H3,(H,27,32)(H,28,31)/t21-,22?/m1/s1. The molecule has 2 fully saturated rings. The van der Waals surface area contributed by atoms with Gasteiger partial charge in [-0.3, -0.25) is 18.8 Å². The van der Waals surface area contributed by atoms with Crippen LogP contribution in [-0.2, 0) is 19.6 Å². The average Bonchev–Trinajstić information content (AvgIpc) is 2.82. The topological polar surface area (TPSA) is 111 Å². The molecule has 192 valence electrons. The monoisotopic (exact) mass is 503 g/mol. The van der Waals surface area contributed by atoms with Crippen LogP contribution >= 0.6 is 0 Å². The minimum absolute atomic E-state index is 0.0442. The first-order chi connectivity index (χ1) is 16.6. The van der Waals surface area contributed by atoms with Crippen LogP contribution in [0.2, 0.25) is 0 Å². The van der Waals surface area contributed by atoms with Crippen LogP contribution in [0.4, 0.5) is 0 Å². The van der Waals surface area contributed by atoms with Crippen molar-refractivity contribution in [2.45, 2.75) is 69.5 Å². The smallest absolute Gasteiger partial charge is 0.264 e. The molecule has 0 aromatic heterocycles. The number of carbonyl (C=O) groups excluding carboxylic acids is 2. The van der Waals surface area contributed by atoms with Gasteiger partial charge in [0.2, 0.25) is 11.8 Å². The molecule has 1 unspecified atom stereocenters. The highest BCUT2D eigenvalue weighted by molar-refractivity contribution is 7.89. The molecule has 35 heavy (non-hydrogen) atoms. The zero-order valence-electron chi connectivity index (χ0n) is 20.8. The van der Waals surface area contributed by atoms with E-state index in [9.17, 15) is 18.0 Å². The van der Waals surface area contributed by atoms with Gasteiger partial charge in [-0.05, 0) is 56.8 Å². The minimum Gasteiger partial charge on any atom is -0.353 e. The van der Waals surface area contributed by atoms with E-state index in [1.165, 1.54) is 24.5 Å². The summed E-state index contributed by atoms with van der Waals surface area (Å²) in [6.07, 6.45) is 5.47. The molecule has 0 radical (unpaired) electrons. The molecular formula is C25H37N5O4S. The van der Waals surface area contributed by atoms with E-state index < -0.39 is 22.0 Å². The number of carbonyl (C=O) groups is 2. The number of nitrogens with zero attached hydrogens (tertiary/aromatic N) is 2. The van der Waals surface area contributed by atoms with Gasteiger partial charge < -0.3 is 16.0 Å². The molecule has 0 spiro atoms. The fourth-order valence-corrected chi connectivity index (χ4v) is 6.80. The Balaban J connectivity index is 1.42. The second kappa shape index (κ2) is 10.3. The van der Waals surface area contributed by atoms with Crippen LogP contribution in [0.1, 0.15) is 45.1 Å². The maximum absolute atomic E-state index is 13.3. The van der Waals surface area contributed by atoms with Gasteiger partial charge in [0.05, 0.1) is 11.3 Å². The first-order valence-electron chi connectivity index (χ1n) is 12.4. The number of hydrogen-bond acceptors (Lipinski definition) is 6. The van der Waals surface area contributed by atoms with Crippen molar-refractivity contribution in [3.8, 4) is 0 Å². The zero-order valence-corrected chi connectivity index (χ0v) is 21.6. The van der Waals surface area contributed by atoms with E-state index in [2.05, 4.69) is 34.7 Å². The fraction of sp³-hybridized carbons (Fsp3) is 0.600. The Kier molecular flexibility index (Phi) is 7.54. The molecular weight excluding hydrogens is 466 g/mol. The van der Waals surface area contributed by atoms with Crippen molar-refractivity contribution in [3.63, 3.8) is 0 Å². The van der Waals surface area contributed by atoms with Gasteiger partial charge >= 0.3 is 0 Å². The van der Waals surface area contributed by atoms with E-state index in [-0.39, 0.29) is 28.7 Å². The number of sulfonamides is 1. The molecule has 3 aliphatic heterocycles. The molecule has 3 heterocycles. The van der Waals surface area contributed by atoms with Crippen molar-refractivity contribution >= 4 is 21.8 Å². The van der Waals surface area contributed by atoms with Crippen LogP contribution in [0.5, 0.6) is 0 Å². The van der Waals surface area contributed by atoms with E-state index in [1.807, 2.05) is 6.92 Å². The lowest BCUT2D eigenvalue weighted by Gasteiger charge is -2.48. The van der Waals surface area contributed by atoms with Crippen LogP contribution in [0.25, 0.3) is 0 Å². The summed E-state index contributed by atoms with van der Waals surface area (Å²) in [5, 5.41) is 9.07. The number of amides is 2. The van der Waals surface area contributed by atoms with Crippen LogP contribution in [-0.4, -0.2) is 73.7 Å². The third-order valence-corrected chi connectivity index (χ3v) is 9.25. The summed E-state index contributed by atoms with van der Waals surface area (Å²) in [6, 6.07) is 5.83. The maximum Gasteiger partial charge on any atom is 0.264 e. The molecule has 0 bridgehead atoms. The summed E-state index contributed by atoms with van der Waals surface area (Å²) in [4.78, 5) is 28.4. The van der Waals surface area contributed by atoms with Crippen molar-refractivity contribution in [3.05, 3.63) is 42.2 Å². The van der Waals surface area contributed by atoms with E-state index in [0.717, 1.165) is 55.3 Å². The summed E-state index contributed by atoms with van der Waals surface area (Å²) in [6.45, 7) is 10.1. The fourth-order valence-electron chi connectivity index (χ4n) is 5.35. The third-order valence-electron chi connectivity index (χ3n) is 7.45. The van der Waals surface area contributed by atoms with Gasteiger partial charge in [-0.25, -0.2) is 8.42 Å². The van der Waals surface area contributed by atoms with Crippen molar-refractivity contribution < 1.29 is 18.0 Å². The number of likely N-dealkylation sites (tertiary alicyclic amines) is 1. The van der Waals surface area contributed by atoms with Gasteiger partial charge in [0.1, 0.15) is 6.04 Å². The molecule has 0 saturated carbocycles. The number of aryl methyl sites for hydroxylation is 1. The largest absolute Gasteiger partial charge is 0.353 e. The van der Waals surface area contributed by atoms with Crippen molar-refractivity contribution in [1.82, 2.24) is 25.2 Å². The SMILES string of the molecule is Cc1ccc(S(=O)(=O)N2C=CNC(=O)[C@H]2CC(=O)NC2CCN(C3CCNCC3)CC2(C)C)cc1. The lowest BCUT2D eigenvalue weighted by atomic mass is 9.78. The van der Waals surface area contributed by atoms with Gasteiger partial charge in [-0.2, -0.15) is 0 Å². The molecule has 3 aliphatic rings. The van der Waals surface area contributed by atoms with Crippen molar-refractivity contribution in [1.29, 1.82) is 0 Å². The third kappa shape index (κ3) is 5.70. The molecule has 1 aromatic carbocycles. The quantitative estimate of drug-likeness (QED) is 0.540. The first kappa shape index (κ1) is 25.7. The molecule has 4 rings (SSSR count). The highest BCUT2D eigenvalue weighted by atomic mass is 32.2. The molecule has 9 nitrogen and oxygen atoms in total. The molecule has 1 aromatic rings. The normalized spacial score (nSPS) is 25.8. The van der Waals surface area contributed by atoms with Crippen LogP contribution < -0.4 is 16.0 Å². The van der Waals surface area contributed by atoms with Gasteiger partial charge in [0.15, 0.2) is 0 Å². The van der Waals surface area contributed by atoms with Gasteiger partial charge in [-0.1, -0.05) is 31.5 Å². The first-order valence-corrected chi connectivity index (χ1v) is 13.8. The second-order valence-electron chi connectivity index (χ2n) is 10.5. The molecule has 3 N–H and O–H groups in total. The van der Waals surface area contributed by atoms with E-state index in [0.29, 0.717) is 6.04 Å². The van der Waals surface area contributed by atoms with Gasteiger partial charge in [0.25, 0.3) is 10.0 Å². The minimum atomic E-state index is -3.99. The second-order valence-corrected chi connectivity index (χ2v) is 12.4. The molecule has 2 saturated heterocycles. The van der Waals surface area contributed by atoms with Crippen molar-refractivity contribution in [2.75, 3.05) is 26.2 Å². The summed E-state index contributed by atoms with van der Waals surface area (Å²) in [7, 11) is -3.99. The van der Waals surface area contributed by atoms with E-state index in [4.69, 9.17) is 0 Å². The maximum atomic E-state index is 13.3. The Morgan fingerprint density at radius 3 is 2.49 bits per heavy atom. The van der Waals surface area contributed by atoms with Gasteiger partial charge in [0, 0.05) is 37.6 Å². The van der Waals surface area contributed by atoms with E-state index in [1.54, 1.807) is 12.1 Å². The lowest BCUT2D eigenvalue weighted by molar-refractivity contribution is -0.130. The predicted octanol–water partition coefficient (Wildman–Crippen LogP) is 1.31. The molecule has 10 heteroatoms. The highest BCUT2D eigenvalue weighted by Crippen LogP contribution is 2.32. The summed E-state index contributed by atoms with van der Waals surface area (Å²) in [5.74, 6) is -0.837. The Bertz CT molecular complexity index is 1060. The predicted molar refractivity (Wildman–Crippen MR) is 134 cm³/mol.